The van der Waals surface area contributed by atoms with Gasteiger partial charge in [-0.1, -0.05) is 34.8 Å². The SMILES string of the molecule is Cc1cc(C)c(C(=O)O)c(Oc2cc(Cl)c(Cl)cc2Cl)n1. The van der Waals surface area contributed by atoms with Gasteiger partial charge in [0.05, 0.1) is 15.1 Å². The van der Waals surface area contributed by atoms with Crippen molar-refractivity contribution in [3.05, 3.63) is 50.1 Å². The zero-order chi connectivity index (χ0) is 15.7. The Morgan fingerprint density at radius 2 is 1.71 bits per heavy atom. The smallest absolute Gasteiger partial charge is 0.341 e. The van der Waals surface area contributed by atoms with Crippen LogP contribution in [0.5, 0.6) is 11.6 Å². The minimum atomic E-state index is -1.13. The number of ether oxygens (including phenoxy) is 1. The average molecular weight is 347 g/mol. The molecule has 0 aliphatic carbocycles. The Hall–Kier alpha value is -1.49. The number of pyridine rings is 1. The van der Waals surface area contributed by atoms with E-state index < -0.39 is 5.97 Å². The lowest BCUT2D eigenvalue weighted by Gasteiger charge is -2.12. The Morgan fingerprint density at radius 1 is 1.10 bits per heavy atom. The van der Waals surface area contributed by atoms with Crippen molar-refractivity contribution < 1.29 is 14.6 Å². The first-order valence-electron chi connectivity index (χ1n) is 5.83. The summed E-state index contributed by atoms with van der Waals surface area (Å²) in [4.78, 5) is 15.5. The van der Waals surface area contributed by atoms with E-state index in [1.165, 1.54) is 12.1 Å². The van der Waals surface area contributed by atoms with Gasteiger partial charge in [0.1, 0.15) is 11.3 Å². The number of nitrogens with zero attached hydrogens (tertiary/aromatic N) is 1. The highest BCUT2D eigenvalue weighted by Crippen LogP contribution is 2.37. The molecular formula is C14H10Cl3NO3. The average Bonchev–Trinajstić information content (AvgIpc) is 2.34. The molecule has 110 valence electrons. The molecule has 0 amide bonds. The fraction of sp³-hybridized carbons (Fsp3) is 0.143. The van der Waals surface area contributed by atoms with E-state index in [9.17, 15) is 9.90 Å². The molecule has 0 bridgehead atoms. The summed E-state index contributed by atoms with van der Waals surface area (Å²) in [5.74, 6) is -0.988. The molecule has 0 radical (unpaired) electrons. The maximum absolute atomic E-state index is 11.3. The Kier molecular flexibility index (Phi) is 4.61. The molecule has 0 aliphatic heterocycles. The lowest BCUT2D eigenvalue weighted by molar-refractivity contribution is 0.0692. The summed E-state index contributed by atoms with van der Waals surface area (Å²) in [5.41, 5.74) is 1.15. The van der Waals surface area contributed by atoms with Crippen LogP contribution in [0, 0.1) is 13.8 Å². The number of hydrogen-bond donors (Lipinski definition) is 1. The number of aromatic nitrogens is 1. The zero-order valence-corrected chi connectivity index (χ0v) is 13.3. The second-order valence-corrected chi connectivity index (χ2v) is 5.59. The summed E-state index contributed by atoms with van der Waals surface area (Å²) in [7, 11) is 0. The third-order valence-electron chi connectivity index (χ3n) is 2.71. The highest BCUT2D eigenvalue weighted by Gasteiger charge is 2.19. The van der Waals surface area contributed by atoms with Crippen LogP contribution >= 0.6 is 34.8 Å². The van der Waals surface area contributed by atoms with Crippen molar-refractivity contribution in [3.8, 4) is 11.6 Å². The normalized spacial score (nSPS) is 10.5. The summed E-state index contributed by atoms with van der Waals surface area (Å²) < 4.78 is 5.53. The molecule has 1 N–H and O–H groups in total. The Bertz CT molecular complexity index is 732. The van der Waals surface area contributed by atoms with Crippen LogP contribution in [0.4, 0.5) is 0 Å². The molecule has 2 aromatic rings. The summed E-state index contributed by atoms with van der Waals surface area (Å²) in [5, 5.41) is 10.0. The van der Waals surface area contributed by atoms with Crippen molar-refractivity contribution >= 4 is 40.8 Å². The minimum Gasteiger partial charge on any atom is -0.477 e. The van der Waals surface area contributed by atoms with Gasteiger partial charge in [-0.2, -0.15) is 0 Å². The Labute approximate surface area is 136 Å². The van der Waals surface area contributed by atoms with Gasteiger partial charge in [-0.3, -0.25) is 0 Å². The second-order valence-electron chi connectivity index (χ2n) is 4.36. The number of aromatic carboxylic acids is 1. The molecule has 1 heterocycles. The lowest BCUT2D eigenvalue weighted by Crippen LogP contribution is -2.06. The molecule has 0 atom stereocenters. The summed E-state index contributed by atoms with van der Waals surface area (Å²) in [6, 6.07) is 4.49. The molecule has 4 nitrogen and oxygen atoms in total. The van der Waals surface area contributed by atoms with E-state index in [-0.39, 0.29) is 32.3 Å². The molecule has 0 unspecified atom stereocenters. The number of benzene rings is 1. The van der Waals surface area contributed by atoms with Crippen molar-refractivity contribution in [1.82, 2.24) is 4.98 Å². The highest BCUT2D eigenvalue weighted by atomic mass is 35.5. The van der Waals surface area contributed by atoms with Gasteiger partial charge in [0.2, 0.25) is 5.88 Å². The molecule has 1 aromatic heterocycles. The first-order valence-corrected chi connectivity index (χ1v) is 6.97. The van der Waals surface area contributed by atoms with Crippen LogP contribution in [-0.4, -0.2) is 16.1 Å². The van der Waals surface area contributed by atoms with Crippen LogP contribution in [0.15, 0.2) is 18.2 Å². The van der Waals surface area contributed by atoms with Crippen molar-refractivity contribution in [2.24, 2.45) is 0 Å². The number of carboxylic acids is 1. The molecule has 0 spiro atoms. The Balaban J connectivity index is 2.54. The Morgan fingerprint density at radius 3 is 2.33 bits per heavy atom. The summed E-state index contributed by atoms with van der Waals surface area (Å²) in [6.45, 7) is 3.41. The topological polar surface area (TPSA) is 59.4 Å². The van der Waals surface area contributed by atoms with Gasteiger partial charge in [-0.05, 0) is 31.5 Å². The van der Waals surface area contributed by atoms with Gasteiger partial charge < -0.3 is 9.84 Å². The van der Waals surface area contributed by atoms with E-state index in [4.69, 9.17) is 39.5 Å². The fourth-order valence-corrected chi connectivity index (χ4v) is 2.40. The third kappa shape index (κ3) is 3.40. The largest absolute Gasteiger partial charge is 0.477 e. The van der Waals surface area contributed by atoms with Gasteiger partial charge in [0, 0.05) is 11.8 Å². The predicted octanol–water partition coefficient (Wildman–Crippen LogP) is 5.15. The number of carboxylic acid groups (broad SMARTS) is 1. The van der Waals surface area contributed by atoms with E-state index in [2.05, 4.69) is 4.98 Å². The van der Waals surface area contributed by atoms with E-state index in [1.54, 1.807) is 19.9 Å². The zero-order valence-electron chi connectivity index (χ0n) is 11.1. The van der Waals surface area contributed by atoms with Gasteiger partial charge in [0.25, 0.3) is 0 Å². The van der Waals surface area contributed by atoms with Crippen molar-refractivity contribution in [1.29, 1.82) is 0 Å². The second kappa shape index (κ2) is 6.10. The molecule has 7 heteroatoms. The molecule has 0 aliphatic rings. The maximum atomic E-state index is 11.3. The molecular weight excluding hydrogens is 337 g/mol. The predicted molar refractivity (Wildman–Crippen MR) is 82.2 cm³/mol. The first-order chi connectivity index (χ1) is 9.79. The van der Waals surface area contributed by atoms with E-state index in [0.717, 1.165) is 0 Å². The van der Waals surface area contributed by atoms with E-state index in [0.29, 0.717) is 11.3 Å². The molecule has 0 fully saturated rings. The number of rotatable bonds is 3. The van der Waals surface area contributed by atoms with Gasteiger partial charge in [0.15, 0.2) is 0 Å². The van der Waals surface area contributed by atoms with Crippen molar-refractivity contribution in [2.45, 2.75) is 13.8 Å². The standard InChI is InChI=1S/C14H10Cl3NO3/c1-6-3-7(2)18-13(12(6)14(19)20)21-11-5-9(16)8(15)4-10(11)17/h3-5H,1-2H3,(H,19,20). The van der Waals surface area contributed by atoms with Crippen LogP contribution in [0.25, 0.3) is 0 Å². The summed E-state index contributed by atoms with van der Waals surface area (Å²) in [6.07, 6.45) is 0. The van der Waals surface area contributed by atoms with Crippen molar-refractivity contribution in [2.75, 3.05) is 0 Å². The van der Waals surface area contributed by atoms with E-state index in [1.807, 2.05) is 0 Å². The maximum Gasteiger partial charge on any atom is 0.341 e. The van der Waals surface area contributed by atoms with Crippen LogP contribution < -0.4 is 4.74 Å². The third-order valence-corrected chi connectivity index (χ3v) is 3.72. The number of hydrogen-bond acceptors (Lipinski definition) is 3. The molecule has 2 rings (SSSR count). The van der Waals surface area contributed by atoms with Crippen LogP contribution in [-0.2, 0) is 0 Å². The fourth-order valence-electron chi connectivity index (χ4n) is 1.82. The van der Waals surface area contributed by atoms with Gasteiger partial charge >= 0.3 is 5.97 Å². The van der Waals surface area contributed by atoms with Crippen LogP contribution in [0.2, 0.25) is 15.1 Å². The molecule has 0 saturated carbocycles. The van der Waals surface area contributed by atoms with Crippen molar-refractivity contribution in [3.63, 3.8) is 0 Å². The monoisotopic (exact) mass is 345 g/mol. The molecule has 21 heavy (non-hydrogen) atoms. The number of carbonyl (C=O) groups is 1. The molecule has 1 aromatic carbocycles. The summed E-state index contributed by atoms with van der Waals surface area (Å²) >= 11 is 17.8. The molecule has 0 saturated heterocycles. The van der Waals surface area contributed by atoms with E-state index >= 15 is 0 Å². The number of halogens is 3. The quantitative estimate of drug-likeness (QED) is 0.781. The van der Waals surface area contributed by atoms with Gasteiger partial charge in [-0.25, -0.2) is 9.78 Å². The first kappa shape index (κ1) is 15.9. The van der Waals surface area contributed by atoms with Gasteiger partial charge in [-0.15, -0.1) is 0 Å². The number of aryl methyl sites for hydroxylation is 2. The lowest BCUT2D eigenvalue weighted by atomic mass is 10.1. The highest BCUT2D eigenvalue weighted by molar-refractivity contribution is 6.43. The van der Waals surface area contributed by atoms with Crippen LogP contribution in [0.3, 0.4) is 0 Å². The minimum absolute atomic E-state index is 0.0252. The van der Waals surface area contributed by atoms with Crippen LogP contribution in [0.1, 0.15) is 21.6 Å².